The van der Waals surface area contributed by atoms with Crippen LogP contribution in [0.3, 0.4) is 0 Å². The number of carbonyl (C=O) groups excluding carboxylic acids is 1. The van der Waals surface area contributed by atoms with Crippen molar-refractivity contribution in [2.24, 2.45) is 0 Å². The fourth-order valence-corrected chi connectivity index (χ4v) is 2.43. The molecule has 0 radical (unpaired) electrons. The molecule has 0 spiro atoms. The summed E-state index contributed by atoms with van der Waals surface area (Å²) in [4.78, 5) is 24.2. The molecule has 0 saturated heterocycles. The van der Waals surface area contributed by atoms with E-state index in [0.29, 0.717) is 24.5 Å². The highest BCUT2D eigenvalue weighted by Crippen LogP contribution is 2.22. The van der Waals surface area contributed by atoms with Gasteiger partial charge in [0.25, 0.3) is 5.91 Å². The average molecular weight is 332 g/mol. The molecule has 0 aliphatic heterocycles. The molecule has 0 saturated carbocycles. The minimum atomic E-state index is -0.294. The normalized spacial score (nSPS) is 10.2. The van der Waals surface area contributed by atoms with Crippen molar-refractivity contribution in [2.45, 2.75) is 6.92 Å². The zero-order chi connectivity index (χ0) is 17.6. The van der Waals surface area contributed by atoms with Crippen LogP contribution in [0, 0.1) is 18.3 Å². The molecule has 7 nitrogen and oxygen atoms in total. The largest absolute Gasteiger partial charge is 0.367 e. The number of hydrogen-bond donors (Lipinski definition) is 2. The molecule has 3 rings (SSSR count). The fourth-order valence-electron chi connectivity index (χ4n) is 2.43. The second-order valence-electron chi connectivity index (χ2n) is 5.42. The predicted octanol–water partition coefficient (Wildman–Crippen LogP) is 2.05. The molecule has 1 amide bonds. The molecule has 25 heavy (non-hydrogen) atoms. The third kappa shape index (κ3) is 3.70. The summed E-state index contributed by atoms with van der Waals surface area (Å²) >= 11 is 0. The Morgan fingerprint density at radius 1 is 1.28 bits per heavy atom. The van der Waals surface area contributed by atoms with Crippen molar-refractivity contribution in [2.75, 3.05) is 18.4 Å². The van der Waals surface area contributed by atoms with Crippen molar-refractivity contribution < 1.29 is 4.79 Å². The summed E-state index contributed by atoms with van der Waals surface area (Å²) in [6, 6.07) is 9.82. The minimum absolute atomic E-state index is 0.264. The molecule has 0 atom stereocenters. The van der Waals surface area contributed by atoms with E-state index >= 15 is 0 Å². The highest BCUT2D eigenvalue weighted by Gasteiger charge is 2.09. The molecule has 7 heteroatoms. The fraction of sp³-hybridized carbons (Fsp3) is 0.167. The van der Waals surface area contributed by atoms with E-state index in [2.05, 4.69) is 31.7 Å². The summed E-state index contributed by atoms with van der Waals surface area (Å²) in [5.41, 5.74) is 2.63. The number of benzene rings is 1. The van der Waals surface area contributed by atoms with E-state index in [0.717, 1.165) is 16.5 Å². The number of nitriles is 1. The molecule has 2 heterocycles. The van der Waals surface area contributed by atoms with Crippen LogP contribution < -0.4 is 10.6 Å². The highest BCUT2D eigenvalue weighted by molar-refractivity contribution is 5.91. The topological polar surface area (TPSA) is 104 Å². The minimum Gasteiger partial charge on any atom is -0.367 e. The number of amides is 1. The molecule has 2 N–H and O–H groups in total. The summed E-state index contributed by atoms with van der Waals surface area (Å²) < 4.78 is 0. The third-order valence-corrected chi connectivity index (χ3v) is 3.67. The van der Waals surface area contributed by atoms with Crippen LogP contribution in [0.5, 0.6) is 0 Å². The Morgan fingerprint density at radius 3 is 2.92 bits per heavy atom. The Kier molecular flexibility index (Phi) is 4.81. The smallest absolute Gasteiger partial charge is 0.271 e. The Balaban J connectivity index is 1.66. The number of para-hydroxylation sites is 1. The van der Waals surface area contributed by atoms with Crippen LogP contribution in [-0.2, 0) is 0 Å². The average Bonchev–Trinajstić information content (AvgIpc) is 2.65. The molecule has 0 bridgehead atoms. The summed E-state index contributed by atoms with van der Waals surface area (Å²) in [7, 11) is 0. The van der Waals surface area contributed by atoms with Crippen molar-refractivity contribution >= 4 is 22.6 Å². The predicted molar refractivity (Wildman–Crippen MR) is 94.0 cm³/mol. The third-order valence-electron chi connectivity index (χ3n) is 3.67. The molecule has 1 aromatic carbocycles. The summed E-state index contributed by atoms with van der Waals surface area (Å²) in [6.45, 7) is 2.78. The molecule has 0 aliphatic carbocycles. The number of aromatic nitrogens is 3. The maximum atomic E-state index is 11.9. The maximum absolute atomic E-state index is 11.9. The van der Waals surface area contributed by atoms with Crippen molar-refractivity contribution in [1.82, 2.24) is 20.3 Å². The first kappa shape index (κ1) is 16.3. The number of fused-ring (bicyclic) bond motifs is 1. The van der Waals surface area contributed by atoms with Gasteiger partial charge in [-0.05, 0) is 18.6 Å². The second kappa shape index (κ2) is 7.36. The van der Waals surface area contributed by atoms with Crippen LogP contribution in [0.15, 0.2) is 42.9 Å². The first-order chi connectivity index (χ1) is 12.2. The van der Waals surface area contributed by atoms with Gasteiger partial charge in [0.1, 0.15) is 17.6 Å². The highest BCUT2D eigenvalue weighted by atomic mass is 16.1. The summed E-state index contributed by atoms with van der Waals surface area (Å²) in [5, 5.41) is 16.1. The first-order valence-corrected chi connectivity index (χ1v) is 7.77. The Bertz CT molecular complexity index is 949. The van der Waals surface area contributed by atoms with Gasteiger partial charge >= 0.3 is 0 Å². The number of rotatable bonds is 5. The zero-order valence-corrected chi connectivity index (χ0v) is 13.7. The number of hydrogen-bond acceptors (Lipinski definition) is 6. The molecular formula is C18H16N6O. The lowest BCUT2D eigenvalue weighted by atomic mass is 10.1. The van der Waals surface area contributed by atoms with E-state index in [4.69, 9.17) is 0 Å². The molecule has 2 aromatic heterocycles. The molecule has 0 unspecified atom stereocenters. The number of pyridine rings is 1. The number of aryl methyl sites for hydroxylation is 1. The molecule has 0 aliphatic rings. The van der Waals surface area contributed by atoms with Crippen LogP contribution in [0.4, 0.5) is 5.82 Å². The van der Waals surface area contributed by atoms with Crippen molar-refractivity contribution in [3.63, 3.8) is 0 Å². The van der Waals surface area contributed by atoms with E-state index in [9.17, 15) is 10.1 Å². The van der Waals surface area contributed by atoms with Gasteiger partial charge in [-0.2, -0.15) is 5.26 Å². The van der Waals surface area contributed by atoms with Crippen LogP contribution in [0.1, 0.15) is 21.6 Å². The van der Waals surface area contributed by atoms with Crippen molar-refractivity contribution in [1.29, 1.82) is 5.26 Å². The molecule has 3 aromatic rings. The summed E-state index contributed by atoms with van der Waals surface area (Å²) in [6.07, 6.45) is 4.38. The van der Waals surface area contributed by atoms with Gasteiger partial charge in [-0.25, -0.2) is 9.97 Å². The zero-order valence-electron chi connectivity index (χ0n) is 13.7. The summed E-state index contributed by atoms with van der Waals surface area (Å²) in [5.74, 6) is 0.218. The van der Waals surface area contributed by atoms with Crippen LogP contribution >= 0.6 is 0 Å². The monoisotopic (exact) mass is 332 g/mol. The van der Waals surface area contributed by atoms with Gasteiger partial charge in [0.2, 0.25) is 0 Å². The van der Waals surface area contributed by atoms with E-state index in [1.807, 2.05) is 31.2 Å². The standard InChI is InChI=1S/C18H16N6O/c1-12-3-2-4-13-9-14(10-19)17(24-16(12)13)22-7-8-23-18(25)15-11-20-5-6-21-15/h2-6,9,11H,7-8H2,1H3,(H,22,24)(H,23,25). The van der Waals surface area contributed by atoms with Crippen molar-refractivity contribution in [3.8, 4) is 6.07 Å². The number of carbonyl (C=O) groups is 1. The van der Waals surface area contributed by atoms with Gasteiger partial charge in [-0.1, -0.05) is 18.2 Å². The Morgan fingerprint density at radius 2 is 2.16 bits per heavy atom. The van der Waals surface area contributed by atoms with E-state index in [-0.39, 0.29) is 11.6 Å². The molecular weight excluding hydrogens is 316 g/mol. The number of nitrogens with one attached hydrogen (secondary N) is 2. The van der Waals surface area contributed by atoms with Gasteiger partial charge in [0.15, 0.2) is 0 Å². The quantitative estimate of drug-likeness (QED) is 0.693. The Labute approximate surface area is 144 Å². The Hall–Kier alpha value is -3.53. The van der Waals surface area contributed by atoms with Crippen LogP contribution in [-0.4, -0.2) is 33.9 Å². The lowest BCUT2D eigenvalue weighted by Gasteiger charge is -2.10. The van der Waals surface area contributed by atoms with Gasteiger partial charge in [-0.15, -0.1) is 0 Å². The van der Waals surface area contributed by atoms with Crippen molar-refractivity contribution in [3.05, 3.63) is 59.7 Å². The SMILES string of the molecule is Cc1cccc2cc(C#N)c(NCCNC(=O)c3cnccn3)nc12. The lowest BCUT2D eigenvalue weighted by molar-refractivity contribution is 0.0950. The maximum Gasteiger partial charge on any atom is 0.271 e. The number of anilines is 1. The van der Waals surface area contributed by atoms with Gasteiger partial charge in [-0.3, -0.25) is 9.78 Å². The van der Waals surface area contributed by atoms with Crippen LogP contribution in [0.25, 0.3) is 10.9 Å². The second-order valence-corrected chi connectivity index (χ2v) is 5.42. The van der Waals surface area contributed by atoms with Gasteiger partial charge in [0.05, 0.1) is 17.3 Å². The van der Waals surface area contributed by atoms with Gasteiger partial charge < -0.3 is 10.6 Å². The number of nitrogens with zero attached hydrogens (tertiary/aromatic N) is 4. The van der Waals surface area contributed by atoms with Gasteiger partial charge in [0, 0.05) is 30.9 Å². The molecule has 124 valence electrons. The molecule has 0 fully saturated rings. The van der Waals surface area contributed by atoms with E-state index < -0.39 is 0 Å². The van der Waals surface area contributed by atoms with Crippen LogP contribution in [0.2, 0.25) is 0 Å². The van der Waals surface area contributed by atoms with E-state index in [1.54, 1.807) is 0 Å². The van der Waals surface area contributed by atoms with E-state index in [1.165, 1.54) is 18.6 Å². The first-order valence-electron chi connectivity index (χ1n) is 7.77. The lowest BCUT2D eigenvalue weighted by Crippen LogP contribution is -2.29.